The lowest BCUT2D eigenvalue weighted by Gasteiger charge is -2.36. The molecule has 7 nitrogen and oxygen atoms in total. The van der Waals surface area contributed by atoms with E-state index in [-0.39, 0.29) is 25.5 Å². The van der Waals surface area contributed by atoms with Gasteiger partial charge in [0.05, 0.1) is 42.8 Å². The number of aliphatic hydroxyl groups is 2. The molecular weight excluding hydrogens is 360 g/mol. The highest BCUT2D eigenvalue weighted by Gasteiger charge is 2.46. The molecule has 1 heterocycles. The molecule has 1 fully saturated rings. The van der Waals surface area contributed by atoms with Crippen LogP contribution in [0.5, 0.6) is 0 Å². The maximum Gasteiger partial charge on any atom is 0.337 e. The van der Waals surface area contributed by atoms with Gasteiger partial charge in [0.2, 0.25) is 5.91 Å². The first-order valence-corrected chi connectivity index (χ1v) is 10.0. The van der Waals surface area contributed by atoms with Crippen molar-refractivity contribution in [3.8, 4) is 0 Å². The van der Waals surface area contributed by atoms with Gasteiger partial charge >= 0.3 is 5.97 Å². The average Bonchev–Trinajstić information content (AvgIpc) is 3.06. The predicted octanol–water partition coefficient (Wildman–Crippen LogP) is 2.71. The summed E-state index contributed by atoms with van der Waals surface area (Å²) in [5, 5.41) is 23.1. The smallest absolute Gasteiger partial charge is 0.337 e. The molecule has 7 heteroatoms. The summed E-state index contributed by atoms with van der Waals surface area (Å²) in [4.78, 5) is 26.0. The van der Waals surface area contributed by atoms with Crippen molar-refractivity contribution < 1.29 is 24.5 Å². The monoisotopic (exact) mass is 392 g/mol. The van der Waals surface area contributed by atoms with Gasteiger partial charge < -0.3 is 20.3 Å². The SMILES string of the molecule is CCCCCCCNc1cc(C(=O)OC)ccc1N1C(=O)CCC1(CO)CO. The van der Waals surface area contributed by atoms with Crippen LogP contribution in [0.3, 0.4) is 0 Å². The van der Waals surface area contributed by atoms with Crippen LogP contribution in [0.25, 0.3) is 0 Å². The lowest BCUT2D eigenvalue weighted by molar-refractivity contribution is -0.117. The normalized spacial score (nSPS) is 15.7. The number of nitrogens with zero attached hydrogens (tertiary/aromatic N) is 1. The Morgan fingerprint density at radius 3 is 2.57 bits per heavy atom. The third-order valence-corrected chi connectivity index (χ3v) is 5.37. The molecular formula is C21H32N2O5. The first-order chi connectivity index (χ1) is 13.5. The van der Waals surface area contributed by atoms with E-state index in [2.05, 4.69) is 12.2 Å². The summed E-state index contributed by atoms with van der Waals surface area (Å²) in [6.07, 6.45) is 6.29. The van der Waals surface area contributed by atoms with Crippen molar-refractivity contribution in [2.24, 2.45) is 0 Å². The Kier molecular flexibility index (Phi) is 8.26. The van der Waals surface area contributed by atoms with Crippen LogP contribution < -0.4 is 10.2 Å². The number of carbonyl (C=O) groups is 2. The molecule has 0 bridgehead atoms. The molecule has 28 heavy (non-hydrogen) atoms. The lowest BCUT2D eigenvalue weighted by Crippen LogP contribution is -2.52. The van der Waals surface area contributed by atoms with E-state index in [4.69, 9.17) is 4.74 Å². The topological polar surface area (TPSA) is 99.1 Å². The van der Waals surface area contributed by atoms with Crippen molar-refractivity contribution in [2.45, 2.75) is 57.4 Å². The van der Waals surface area contributed by atoms with Gasteiger partial charge in [0.25, 0.3) is 0 Å². The second kappa shape index (κ2) is 10.4. The summed E-state index contributed by atoms with van der Waals surface area (Å²) < 4.78 is 4.80. The Morgan fingerprint density at radius 2 is 1.93 bits per heavy atom. The molecule has 0 aromatic heterocycles. The lowest BCUT2D eigenvalue weighted by atomic mass is 9.97. The van der Waals surface area contributed by atoms with Crippen LogP contribution in [0.15, 0.2) is 18.2 Å². The van der Waals surface area contributed by atoms with Gasteiger partial charge in [0, 0.05) is 13.0 Å². The summed E-state index contributed by atoms with van der Waals surface area (Å²) in [5.41, 5.74) is 0.540. The molecule has 0 saturated carbocycles. The molecule has 1 saturated heterocycles. The van der Waals surface area contributed by atoms with E-state index in [1.54, 1.807) is 18.2 Å². The Balaban J connectivity index is 2.28. The number of anilines is 2. The van der Waals surface area contributed by atoms with Crippen LogP contribution in [0.4, 0.5) is 11.4 Å². The fourth-order valence-corrected chi connectivity index (χ4v) is 3.64. The van der Waals surface area contributed by atoms with Gasteiger partial charge in [-0.1, -0.05) is 32.6 Å². The van der Waals surface area contributed by atoms with E-state index >= 15 is 0 Å². The minimum Gasteiger partial charge on any atom is -0.465 e. The molecule has 0 radical (unpaired) electrons. The number of rotatable bonds is 11. The van der Waals surface area contributed by atoms with Crippen LogP contribution in [0.2, 0.25) is 0 Å². The van der Waals surface area contributed by atoms with Crippen LogP contribution >= 0.6 is 0 Å². The Morgan fingerprint density at radius 1 is 1.21 bits per heavy atom. The second-order valence-electron chi connectivity index (χ2n) is 7.33. The van der Waals surface area contributed by atoms with Gasteiger partial charge in [-0.25, -0.2) is 4.79 Å². The molecule has 0 unspecified atom stereocenters. The average molecular weight is 392 g/mol. The van der Waals surface area contributed by atoms with E-state index in [0.29, 0.717) is 29.9 Å². The first-order valence-electron chi connectivity index (χ1n) is 10.0. The first kappa shape index (κ1) is 22.2. The Bertz CT molecular complexity index is 673. The largest absolute Gasteiger partial charge is 0.465 e. The number of benzene rings is 1. The Labute approximate surface area is 166 Å². The maximum absolute atomic E-state index is 12.6. The van der Waals surface area contributed by atoms with Gasteiger partial charge in [-0.3, -0.25) is 9.69 Å². The Hall–Kier alpha value is -2.12. The molecule has 1 aromatic rings. The summed E-state index contributed by atoms with van der Waals surface area (Å²) >= 11 is 0. The molecule has 0 atom stereocenters. The predicted molar refractivity (Wildman–Crippen MR) is 109 cm³/mol. The van der Waals surface area contributed by atoms with Crippen molar-refractivity contribution in [3.63, 3.8) is 0 Å². The van der Waals surface area contributed by atoms with Gasteiger partial charge in [-0.15, -0.1) is 0 Å². The minimum atomic E-state index is -1.03. The number of hydrogen-bond donors (Lipinski definition) is 3. The van der Waals surface area contributed by atoms with Crippen molar-refractivity contribution in [1.29, 1.82) is 0 Å². The molecule has 1 aliphatic heterocycles. The molecule has 1 amide bonds. The zero-order chi connectivity index (χ0) is 20.6. The summed E-state index contributed by atoms with van der Waals surface area (Å²) in [7, 11) is 1.32. The van der Waals surface area contributed by atoms with Crippen molar-refractivity contribution in [2.75, 3.05) is 37.1 Å². The molecule has 1 aromatic carbocycles. The highest BCUT2D eigenvalue weighted by atomic mass is 16.5. The number of ether oxygens (including phenoxy) is 1. The van der Waals surface area contributed by atoms with E-state index in [1.807, 2.05) is 0 Å². The second-order valence-corrected chi connectivity index (χ2v) is 7.33. The third kappa shape index (κ3) is 4.83. The van der Waals surface area contributed by atoms with Gasteiger partial charge in [-0.2, -0.15) is 0 Å². The molecule has 3 N–H and O–H groups in total. The van der Waals surface area contributed by atoms with Crippen molar-refractivity contribution >= 4 is 23.3 Å². The maximum atomic E-state index is 12.6. The van der Waals surface area contributed by atoms with E-state index < -0.39 is 11.5 Å². The molecule has 1 aliphatic rings. The summed E-state index contributed by atoms with van der Waals surface area (Å²) in [6, 6.07) is 4.94. The number of amides is 1. The van der Waals surface area contributed by atoms with E-state index in [9.17, 15) is 19.8 Å². The number of aliphatic hydroxyl groups excluding tert-OH is 2. The number of esters is 1. The highest BCUT2D eigenvalue weighted by molar-refractivity contribution is 6.02. The van der Waals surface area contributed by atoms with Crippen molar-refractivity contribution in [3.05, 3.63) is 23.8 Å². The molecule has 0 aliphatic carbocycles. The van der Waals surface area contributed by atoms with Gasteiger partial charge in [0.1, 0.15) is 0 Å². The van der Waals surface area contributed by atoms with Crippen LogP contribution in [-0.2, 0) is 9.53 Å². The van der Waals surface area contributed by atoms with Gasteiger partial charge in [0.15, 0.2) is 0 Å². The number of hydrogen-bond acceptors (Lipinski definition) is 6. The quantitative estimate of drug-likeness (QED) is 0.396. The highest BCUT2D eigenvalue weighted by Crippen LogP contribution is 2.39. The third-order valence-electron chi connectivity index (χ3n) is 5.37. The van der Waals surface area contributed by atoms with Crippen LogP contribution in [0, 0.1) is 0 Å². The summed E-state index contributed by atoms with van der Waals surface area (Å²) in [6.45, 7) is 2.22. The number of carbonyl (C=O) groups excluding carboxylic acids is 2. The van der Waals surface area contributed by atoms with Crippen LogP contribution in [0.1, 0.15) is 62.2 Å². The minimum absolute atomic E-state index is 0.153. The standard InChI is InChI=1S/C21H32N2O5/c1-3-4-5-6-7-12-22-17-13-16(20(27)28-2)8-9-18(17)23-19(26)10-11-21(23,14-24)15-25/h8-9,13,22,24-25H,3-7,10-12,14-15H2,1-2H3. The fraction of sp³-hybridized carbons (Fsp3) is 0.619. The molecule has 2 rings (SSSR count). The molecule has 0 spiro atoms. The van der Waals surface area contributed by atoms with E-state index in [1.165, 1.54) is 31.3 Å². The van der Waals surface area contributed by atoms with Crippen molar-refractivity contribution in [1.82, 2.24) is 0 Å². The zero-order valence-electron chi connectivity index (χ0n) is 16.9. The van der Waals surface area contributed by atoms with E-state index in [0.717, 1.165) is 12.8 Å². The number of unbranched alkanes of at least 4 members (excludes halogenated alkanes) is 4. The fourth-order valence-electron chi connectivity index (χ4n) is 3.64. The summed E-state index contributed by atoms with van der Waals surface area (Å²) in [5.74, 6) is -0.610. The zero-order valence-corrected chi connectivity index (χ0v) is 16.9. The number of methoxy groups -OCH3 is 1. The molecule has 156 valence electrons. The number of nitrogens with one attached hydrogen (secondary N) is 1. The van der Waals surface area contributed by atoms with Crippen LogP contribution in [-0.4, -0.2) is 54.5 Å². The van der Waals surface area contributed by atoms with Gasteiger partial charge in [-0.05, 0) is 31.0 Å².